The Morgan fingerprint density at radius 1 is 1.20 bits per heavy atom. The molecular formula is C17H14ClF2N3O2. The van der Waals surface area contributed by atoms with Gasteiger partial charge < -0.3 is 9.84 Å². The highest BCUT2D eigenvalue weighted by atomic mass is 35.5. The lowest BCUT2D eigenvalue weighted by Crippen LogP contribution is -2.29. The molecule has 3 rings (SSSR count). The van der Waals surface area contributed by atoms with Crippen molar-refractivity contribution in [2.24, 2.45) is 0 Å². The van der Waals surface area contributed by atoms with Crippen LogP contribution >= 0.6 is 11.6 Å². The Hall–Kier alpha value is -2.51. The first-order valence-electron chi connectivity index (χ1n) is 7.33. The molecule has 1 unspecified atom stereocenters. The lowest BCUT2D eigenvalue weighted by molar-refractivity contribution is 0.0306. The van der Waals surface area contributed by atoms with Gasteiger partial charge in [0, 0.05) is 16.7 Å². The van der Waals surface area contributed by atoms with Crippen LogP contribution in [0.1, 0.15) is 12.5 Å². The van der Waals surface area contributed by atoms with Gasteiger partial charge in [-0.05, 0) is 37.3 Å². The van der Waals surface area contributed by atoms with E-state index in [1.807, 2.05) is 0 Å². The van der Waals surface area contributed by atoms with Gasteiger partial charge >= 0.3 is 0 Å². The Morgan fingerprint density at radius 3 is 2.56 bits per heavy atom. The van der Waals surface area contributed by atoms with E-state index in [0.29, 0.717) is 10.8 Å². The van der Waals surface area contributed by atoms with Crippen molar-refractivity contribution in [3.05, 3.63) is 71.3 Å². The van der Waals surface area contributed by atoms with Crippen molar-refractivity contribution in [1.82, 2.24) is 14.8 Å². The predicted octanol–water partition coefficient (Wildman–Crippen LogP) is 3.91. The van der Waals surface area contributed by atoms with Crippen molar-refractivity contribution < 1.29 is 18.6 Å². The number of hydrogen-bond donors (Lipinski definition) is 1. The Morgan fingerprint density at radius 2 is 1.92 bits per heavy atom. The first-order chi connectivity index (χ1) is 11.8. The first kappa shape index (κ1) is 17.3. The highest BCUT2D eigenvalue weighted by Crippen LogP contribution is 2.32. The van der Waals surface area contributed by atoms with Crippen molar-refractivity contribution in [1.29, 1.82) is 0 Å². The number of nitrogens with zero attached hydrogens (tertiary/aromatic N) is 3. The van der Waals surface area contributed by atoms with Crippen LogP contribution < -0.4 is 4.74 Å². The minimum absolute atomic E-state index is 0.0826. The number of benzene rings is 2. The smallest absolute Gasteiger partial charge is 0.166 e. The average Bonchev–Trinajstić information content (AvgIpc) is 3.04. The molecule has 0 aliphatic carbocycles. The van der Waals surface area contributed by atoms with E-state index in [-0.39, 0.29) is 17.9 Å². The molecule has 8 heteroatoms. The second-order valence-electron chi connectivity index (χ2n) is 5.69. The predicted molar refractivity (Wildman–Crippen MR) is 87.5 cm³/mol. The molecule has 1 aromatic heterocycles. The van der Waals surface area contributed by atoms with Crippen LogP contribution in [0.5, 0.6) is 11.5 Å². The minimum atomic E-state index is -1.68. The van der Waals surface area contributed by atoms with Gasteiger partial charge in [-0.2, -0.15) is 5.10 Å². The van der Waals surface area contributed by atoms with Gasteiger partial charge in [-0.25, -0.2) is 18.4 Å². The zero-order valence-corrected chi connectivity index (χ0v) is 13.9. The number of ether oxygens (including phenoxy) is 1. The Balaban J connectivity index is 1.87. The molecule has 1 atom stereocenters. The van der Waals surface area contributed by atoms with Crippen molar-refractivity contribution >= 4 is 11.6 Å². The van der Waals surface area contributed by atoms with Crippen molar-refractivity contribution in [2.75, 3.05) is 0 Å². The van der Waals surface area contributed by atoms with Crippen molar-refractivity contribution in [2.45, 2.75) is 19.1 Å². The molecule has 5 nitrogen and oxygen atoms in total. The number of hydrogen-bond acceptors (Lipinski definition) is 4. The molecule has 0 radical (unpaired) electrons. The highest BCUT2D eigenvalue weighted by molar-refractivity contribution is 6.30. The minimum Gasteiger partial charge on any atom is -0.454 e. The maximum absolute atomic E-state index is 14.4. The van der Waals surface area contributed by atoms with Gasteiger partial charge in [0.1, 0.15) is 29.8 Å². The first-order valence-corrected chi connectivity index (χ1v) is 7.71. The molecule has 0 amide bonds. The van der Waals surface area contributed by atoms with Crippen LogP contribution in [0.2, 0.25) is 5.02 Å². The number of aromatic nitrogens is 3. The monoisotopic (exact) mass is 365 g/mol. The summed E-state index contributed by atoms with van der Waals surface area (Å²) in [4.78, 5) is 3.75. The molecule has 0 bridgehead atoms. The molecule has 130 valence electrons. The van der Waals surface area contributed by atoms with E-state index in [1.165, 1.54) is 36.4 Å². The molecular weight excluding hydrogens is 352 g/mol. The molecule has 0 saturated heterocycles. The Kier molecular flexibility index (Phi) is 4.69. The molecule has 1 N–H and O–H groups in total. The maximum atomic E-state index is 14.4. The van der Waals surface area contributed by atoms with Gasteiger partial charge in [0.2, 0.25) is 0 Å². The van der Waals surface area contributed by atoms with E-state index in [4.69, 9.17) is 16.3 Å². The van der Waals surface area contributed by atoms with Crippen LogP contribution in [0, 0.1) is 11.6 Å². The normalized spacial score (nSPS) is 13.5. The number of rotatable bonds is 5. The van der Waals surface area contributed by atoms with Gasteiger partial charge in [0.15, 0.2) is 11.6 Å². The van der Waals surface area contributed by atoms with Crippen molar-refractivity contribution in [3.8, 4) is 11.5 Å². The number of halogens is 3. The topological polar surface area (TPSA) is 60.2 Å². The van der Waals surface area contributed by atoms with Crippen LogP contribution in [0.15, 0.2) is 49.1 Å². The third-order valence-corrected chi connectivity index (χ3v) is 3.83. The Labute approximate surface area is 147 Å². The fourth-order valence-corrected chi connectivity index (χ4v) is 2.49. The third kappa shape index (κ3) is 3.94. The van der Waals surface area contributed by atoms with Gasteiger partial charge in [-0.1, -0.05) is 11.6 Å². The highest BCUT2D eigenvalue weighted by Gasteiger charge is 2.29. The Bertz CT molecular complexity index is 868. The van der Waals surface area contributed by atoms with Gasteiger partial charge in [0.05, 0.1) is 6.54 Å². The molecule has 0 spiro atoms. The van der Waals surface area contributed by atoms with Crippen LogP contribution in [0.4, 0.5) is 8.78 Å². The summed E-state index contributed by atoms with van der Waals surface area (Å²) in [6.07, 6.45) is 2.66. The van der Waals surface area contributed by atoms with Gasteiger partial charge in [0.25, 0.3) is 0 Å². The lowest BCUT2D eigenvalue weighted by Gasteiger charge is -2.24. The molecule has 1 heterocycles. The molecule has 3 aromatic rings. The SMILES string of the molecule is CC(O)(Cn1cncn1)c1cc(F)c(Oc2ccc(Cl)cc2)cc1F. The van der Waals surface area contributed by atoms with E-state index in [0.717, 1.165) is 12.1 Å². The fraction of sp³-hybridized carbons (Fsp3) is 0.176. The van der Waals surface area contributed by atoms with E-state index < -0.39 is 17.2 Å². The van der Waals surface area contributed by atoms with Crippen molar-refractivity contribution in [3.63, 3.8) is 0 Å². The summed E-state index contributed by atoms with van der Waals surface area (Å²) in [6, 6.07) is 8.03. The van der Waals surface area contributed by atoms with Gasteiger partial charge in [-0.15, -0.1) is 0 Å². The zero-order valence-electron chi connectivity index (χ0n) is 13.2. The fourth-order valence-electron chi connectivity index (χ4n) is 2.36. The van der Waals surface area contributed by atoms with Crippen LogP contribution in [-0.2, 0) is 12.1 Å². The molecule has 25 heavy (non-hydrogen) atoms. The number of aliphatic hydroxyl groups is 1. The lowest BCUT2D eigenvalue weighted by atomic mass is 9.95. The zero-order chi connectivity index (χ0) is 18.0. The van der Waals surface area contributed by atoms with E-state index in [2.05, 4.69) is 10.1 Å². The van der Waals surface area contributed by atoms with E-state index in [1.54, 1.807) is 12.1 Å². The largest absolute Gasteiger partial charge is 0.454 e. The summed E-state index contributed by atoms with van der Waals surface area (Å²) in [5.41, 5.74) is -1.89. The van der Waals surface area contributed by atoms with Crippen LogP contribution in [0.3, 0.4) is 0 Å². The second-order valence-corrected chi connectivity index (χ2v) is 6.12. The molecule has 0 fully saturated rings. The van der Waals surface area contributed by atoms with Crippen LogP contribution in [-0.4, -0.2) is 19.9 Å². The quantitative estimate of drug-likeness (QED) is 0.744. The summed E-state index contributed by atoms with van der Waals surface area (Å²) < 4.78 is 35.5. The maximum Gasteiger partial charge on any atom is 0.166 e. The van der Waals surface area contributed by atoms with Gasteiger partial charge in [-0.3, -0.25) is 0 Å². The summed E-state index contributed by atoms with van der Waals surface area (Å²) in [6.45, 7) is 1.28. The van der Waals surface area contributed by atoms with Crippen LogP contribution in [0.25, 0.3) is 0 Å². The van der Waals surface area contributed by atoms with E-state index in [9.17, 15) is 13.9 Å². The molecule has 0 saturated carbocycles. The average molecular weight is 366 g/mol. The molecule has 2 aromatic carbocycles. The molecule has 0 aliphatic rings. The molecule has 0 aliphatic heterocycles. The third-order valence-electron chi connectivity index (χ3n) is 3.58. The van der Waals surface area contributed by atoms with E-state index >= 15 is 0 Å². The summed E-state index contributed by atoms with van der Waals surface area (Å²) in [7, 11) is 0. The second kappa shape index (κ2) is 6.78. The summed E-state index contributed by atoms with van der Waals surface area (Å²) >= 11 is 5.77. The standard InChI is InChI=1S/C17H14ClF2N3O2/c1-17(24,8-23-10-21-9-22-23)13-6-15(20)16(7-14(13)19)25-12-4-2-11(18)3-5-12/h2-7,9-10,24H,8H2,1H3. The summed E-state index contributed by atoms with van der Waals surface area (Å²) in [5.74, 6) is -1.58. The summed E-state index contributed by atoms with van der Waals surface area (Å²) in [5, 5.41) is 14.9.